The number of nitrogens with zero attached hydrogens (tertiary/aromatic N) is 4. The van der Waals surface area contributed by atoms with Gasteiger partial charge in [-0.1, -0.05) is 12.1 Å². The van der Waals surface area contributed by atoms with Crippen molar-refractivity contribution in [2.45, 2.75) is 6.42 Å². The minimum Gasteiger partial charge on any atom is -0.496 e. The molecule has 0 N–H and O–H groups in total. The standard InChI is InChI=1S/C20H24N4O5S/c1-29-18-13-17(21-16-6-3-2-5-15(16)18)20(26)24-8-4-7-23(24)19(25)14-22-9-11-30(27,28)12-10-22/h2-3,5-6,13H,4,7-12,14H2,1H3. The third-order valence-electron chi connectivity index (χ3n) is 5.47. The van der Waals surface area contributed by atoms with E-state index in [1.165, 1.54) is 10.0 Å². The summed E-state index contributed by atoms with van der Waals surface area (Å²) in [4.78, 5) is 32.3. The van der Waals surface area contributed by atoms with E-state index in [0.29, 0.717) is 43.9 Å². The molecule has 4 rings (SSSR count). The monoisotopic (exact) mass is 432 g/mol. The molecule has 2 saturated heterocycles. The average molecular weight is 433 g/mol. The molecule has 0 radical (unpaired) electrons. The number of para-hydroxylation sites is 1. The number of benzene rings is 1. The second-order valence-electron chi connectivity index (χ2n) is 7.45. The van der Waals surface area contributed by atoms with E-state index in [-0.39, 0.29) is 35.6 Å². The highest BCUT2D eigenvalue weighted by molar-refractivity contribution is 7.91. The smallest absolute Gasteiger partial charge is 0.291 e. The van der Waals surface area contributed by atoms with Crippen molar-refractivity contribution in [3.8, 4) is 5.75 Å². The van der Waals surface area contributed by atoms with Gasteiger partial charge >= 0.3 is 0 Å². The van der Waals surface area contributed by atoms with Crippen molar-refractivity contribution in [2.24, 2.45) is 0 Å². The van der Waals surface area contributed by atoms with E-state index in [1.54, 1.807) is 13.2 Å². The van der Waals surface area contributed by atoms with Gasteiger partial charge in [-0.3, -0.25) is 19.5 Å². The molecule has 9 nitrogen and oxygen atoms in total. The first-order chi connectivity index (χ1) is 14.4. The fourth-order valence-electron chi connectivity index (χ4n) is 3.82. The van der Waals surface area contributed by atoms with E-state index in [9.17, 15) is 18.0 Å². The molecule has 2 amide bonds. The number of hydrogen-bond donors (Lipinski definition) is 0. The van der Waals surface area contributed by atoms with Crippen LogP contribution in [-0.4, -0.2) is 91.5 Å². The van der Waals surface area contributed by atoms with Crippen LogP contribution in [0.15, 0.2) is 30.3 Å². The molecule has 2 aromatic rings. The third kappa shape index (κ3) is 4.10. The number of amides is 2. The maximum absolute atomic E-state index is 13.2. The quantitative estimate of drug-likeness (QED) is 0.696. The number of hydrazine groups is 1. The molecule has 0 bridgehead atoms. The van der Waals surface area contributed by atoms with Crippen molar-refractivity contribution in [3.05, 3.63) is 36.0 Å². The number of rotatable bonds is 4. The molecular formula is C20H24N4O5S. The van der Waals surface area contributed by atoms with E-state index >= 15 is 0 Å². The summed E-state index contributed by atoms with van der Waals surface area (Å²) >= 11 is 0. The van der Waals surface area contributed by atoms with Gasteiger partial charge in [0, 0.05) is 37.6 Å². The van der Waals surface area contributed by atoms with Gasteiger partial charge in [-0.2, -0.15) is 0 Å². The largest absolute Gasteiger partial charge is 0.496 e. The number of ether oxygens (including phenoxy) is 1. The minimum atomic E-state index is -3.01. The number of fused-ring (bicyclic) bond motifs is 1. The zero-order valence-corrected chi connectivity index (χ0v) is 17.6. The lowest BCUT2D eigenvalue weighted by Gasteiger charge is -2.31. The lowest BCUT2D eigenvalue weighted by Crippen LogP contribution is -2.51. The summed E-state index contributed by atoms with van der Waals surface area (Å²) in [5.41, 5.74) is 0.862. The Balaban J connectivity index is 1.51. The van der Waals surface area contributed by atoms with Crippen molar-refractivity contribution in [1.82, 2.24) is 19.9 Å². The van der Waals surface area contributed by atoms with Gasteiger partial charge in [-0.15, -0.1) is 0 Å². The van der Waals surface area contributed by atoms with E-state index < -0.39 is 9.84 Å². The lowest BCUT2D eigenvalue weighted by molar-refractivity contribution is -0.141. The molecular weight excluding hydrogens is 408 g/mol. The van der Waals surface area contributed by atoms with Crippen LogP contribution >= 0.6 is 0 Å². The van der Waals surface area contributed by atoms with Crippen LogP contribution in [0.4, 0.5) is 0 Å². The molecule has 1 aromatic carbocycles. The molecule has 0 atom stereocenters. The Kier molecular flexibility index (Phi) is 5.61. The zero-order valence-electron chi connectivity index (χ0n) is 16.8. The predicted octanol–water partition coefficient (Wildman–Crippen LogP) is 0.563. The van der Waals surface area contributed by atoms with Crippen LogP contribution in [0.25, 0.3) is 10.9 Å². The Labute approximate surface area is 175 Å². The van der Waals surface area contributed by atoms with Gasteiger partial charge in [-0.25, -0.2) is 18.4 Å². The molecule has 2 aliphatic heterocycles. The van der Waals surface area contributed by atoms with Crippen molar-refractivity contribution in [2.75, 3.05) is 51.3 Å². The Morgan fingerprint density at radius 1 is 1.07 bits per heavy atom. The summed E-state index contributed by atoms with van der Waals surface area (Å²) in [6.45, 7) is 1.63. The highest BCUT2D eigenvalue weighted by atomic mass is 32.2. The Bertz CT molecular complexity index is 1070. The Morgan fingerprint density at radius 3 is 2.50 bits per heavy atom. The molecule has 0 saturated carbocycles. The maximum atomic E-state index is 13.2. The first-order valence-corrected chi connectivity index (χ1v) is 11.7. The molecule has 2 fully saturated rings. The number of carbonyl (C=O) groups is 2. The van der Waals surface area contributed by atoms with Crippen LogP contribution in [0.5, 0.6) is 5.75 Å². The number of aromatic nitrogens is 1. The summed E-state index contributed by atoms with van der Waals surface area (Å²) < 4.78 is 28.6. The van der Waals surface area contributed by atoms with Gasteiger partial charge in [0.05, 0.1) is 30.7 Å². The second kappa shape index (κ2) is 8.19. The average Bonchev–Trinajstić information content (AvgIpc) is 3.24. The van der Waals surface area contributed by atoms with Gasteiger partial charge in [-0.05, 0) is 18.6 Å². The molecule has 3 heterocycles. The fraction of sp³-hybridized carbons (Fsp3) is 0.450. The van der Waals surface area contributed by atoms with Crippen LogP contribution in [0, 0.1) is 0 Å². The van der Waals surface area contributed by atoms with Gasteiger partial charge in [0.2, 0.25) is 0 Å². The van der Waals surface area contributed by atoms with Gasteiger partial charge in [0.1, 0.15) is 11.4 Å². The van der Waals surface area contributed by atoms with E-state index in [1.807, 2.05) is 29.2 Å². The summed E-state index contributed by atoms with van der Waals surface area (Å²) in [5, 5.41) is 3.69. The number of pyridine rings is 1. The summed E-state index contributed by atoms with van der Waals surface area (Å²) in [7, 11) is -1.46. The zero-order chi connectivity index (χ0) is 21.3. The van der Waals surface area contributed by atoms with Crippen molar-refractivity contribution in [1.29, 1.82) is 0 Å². The molecule has 0 aliphatic carbocycles. The number of methoxy groups -OCH3 is 1. The van der Waals surface area contributed by atoms with Crippen molar-refractivity contribution < 1.29 is 22.7 Å². The minimum absolute atomic E-state index is 0.0593. The van der Waals surface area contributed by atoms with Gasteiger partial charge < -0.3 is 4.74 Å². The van der Waals surface area contributed by atoms with Crippen LogP contribution < -0.4 is 4.74 Å². The molecule has 1 aromatic heterocycles. The summed E-state index contributed by atoms with van der Waals surface area (Å²) in [6, 6.07) is 9.00. The number of carbonyl (C=O) groups excluding carboxylic acids is 2. The molecule has 2 aliphatic rings. The van der Waals surface area contributed by atoms with Crippen molar-refractivity contribution in [3.63, 3.8) is 0 Å². The lowest BCUT2D eigenvalue weighted by atomic mass is 10.1. The topological polar surface area (TPSA) is 100 Å². The molecule has 30 heavy (non-hydrogen) atoms. The fourth-order valence-corrected chi connectivity index (χ4v) is 5.09. The Hall–Kier alpha value is -2.72. The first-order valence-electron chi connectivity index (χ1n) is 9.87. The highest BCUT2D eigenvalue weighted by Gasteiger charge is 2.34. The molecule has 0 unspecified atom stereocenters. The van der Waals surface area contributed by atoms with Gasteiger partial charge in [0.25, 0.3) is 11.8 Å². The SMILES string of the molecule is COc1cc(C(=O)N2CCCN2C(=O)CN2CCS(=O)(=O)CC2)nc2ccccc12. The predicted molar refractivity (Wildman–Crippen MR) is 111 cm³/mol. The van der Waals surface area contributed by atoms with E-state index in [2.05, 4.69) is 4.98 Å². The van der Waals surface area contributed by atoms with Crippen LogP contribution in [0.1, 0.15) is 16.9 Å². The van der Waals surface area contributed by atoms with Crippen LogP contribution in [-0.2, 0) is 14.6 Å². The van der Waals surface area contributed by atoms with E-state index in [4.69, 9.17) is 4.74 Å². The highest BCUT2D eigenvalue weighted by Crippen LogP contribution is 2.26. The normalized spacial score (nSPS) is 19.2. The van der Waals surface area contributed by atoms with Crippen molar-refractivity contribution >= 4 is 32.6 Å². The molecule has 0 spiro atoms. The second-order valence-corrected chi connectivity index (χ2v) is 9.76. The van der Waals surface area contributed by atoms with E-state index in [0.717, 1.165) is 5.39 Å². The van der Waals surface area contributed by atoms with Crippen LogP contribution in [0.2, 0.25) is 0 Å². The maximum Gasteiger partial charge on any atom is 0.291 e. The number of hydrogen-bond acceptors (Lipinski definition) is 7. The molecule has 10 heteroatoms. The third-order valence-corrected chi connectivity index (χ3v) is 7.08. The molecule has 160 valence electrons. The van der Waals surface area contributed by atoms with Crippen LogP contribution in [0.3, 0.4) is 0 Å². The van der Waals surface area contributed by atoms with Gasteiger partial charge in [0.15, 0.2) is 9.84 Å². The number of sulfone groups is 1. The summed E-state index contributed by atoms with van der Waals surface area (Å²) in [5.74, 6) is 0.0996. The summed E-state index contributed by atoms with van der Waals surface area (Å²) in [6.07, 6.45) is 0.677. The first kappa shape index (κ1) is 20.5. The Morgan fingerprint density at radius 2 is 1.77 bits per heavy atom.